The number of sulfonamides is 1. The summed E-state index contributed by atoms with van der Waals surface area (Å²) in [6, 6.07) is 7.81. The number of carbonyl (C=O) groups excluding carboxylic acids is 1. The predicted octanol–water partition coefficient (Wildman–Crippen LogP) is 1.90. The molecule has 5 nitrogen and oxygen atoms in total. The van der Waals surface area contributed by atoms with E-state index >= 15 is 0 Å². The summed E-state index contributed by atoms with van der Waals surface area (Å²) < 4.78 is 28.1. The van der Waals surface area contributed by atoms with Crippen LogP contribution in [0.2, 0.25) is 0 Å². The minimum Gasteiger partial charge on any atom is -0.343 e. The highest BCUT2D eigenvalue weighted by Gasteiger charge is 2.27. The van der Waals surface area contributed by atoms with Gasteiger partial charge in [0, 0.05) is 26.1 Å². The first kappa shape index (κ1) is 16.2. The van der Waals surface area contributed by atoms with Crippen LogP contribution in [0.5, 0.6) is 0 Å². The lowest BCUT2D eigenvalue weighted by Gasteiger charge is -2.32. The highest BCUT2D eigenvalue weighted by atomic mass is 32.2. The Kier molecular flexibility index (Phi) is 4.55. The Morgan fingerprint density at radius 3 is 2.57 bits per heavy atom. The van der Waals surface area contributed by atoms with E-state index in [0.717, 1.165) is 12.0 Å². The highest BCUT2D eigenvalue weighted by molar-refractivity contribution is 7.93. The first-order valence-corrected chi connectivity index (χ1v) is 9.50. The van der Waals surface area contributed by atoms with Crippen molar-refractivity contribution in [2.24, 2.45) is 0 Å². The maximum atomic E-state index is 12.6. The van der Waals surface area contributed by atoms with Gasteiger partial charge in [0.05, 0.1) is 4.91 Å². The average Bonchev–Trinajstić information content (AvgIpc) is 2.54. The van der Waals surface area contributed by atoms with E-state index in [9.17, 15) is 13.2 Å². The van der Waals surface area contributed by atoms with Gasteiger partial charge in [0.15, 0.2) is 0 Å². The van der Waals surface area contributed by atoms with Gasteiger partial charge in [-0.2, -0.15) is 0 Å². The number of hydrogen-bond acceptors (Lipinski definition) is 3. The molecule has 3 rings (SSSR count). The summed E-state index contributed by atoms with van der Waals surface area (Å²) in [6.07, 6.45) is 4.42. The Morgan fingerprint density at radius 1 is 1.17 bits per heavy atom. The second kappa shape index (κ2) is 6.45. The largest absolute Gasteiger partial charge is 0.343 e. The molecule has 124 valence electrons. The molecule has 0 aromatic heterocycles. The first-order valence-electron chi connectivity index (χ1n) is 8.02. The van der Waals surface area contributed by atoms with Crippen LogP contribution in [0.15, 0.2) is 29.2 Å². The average molecular weight is 334 g/mol. The molecule has 0 bridgehead atoms. The molecule has 1 aromatic rings. The Morgan fingerprint density at radius 2 is 1.87 bits per heavy atom. The number of aryl methyl sites for hydroxylation is 1. The van der Waals surface area contributed by atoms with Crippen LogP contribution >= 0.6 is 0 Å². The molecular weight excluding hydrogens is 312 g/mol. The van der Waals surface area contributed by atoms with E-state index in [-0.39, 0.29) is 11.9 Å². The van der Waals surface area contributed by atoms with Crippen LogP contribution in [0.25, 0.3) is 6.08 Å². The Labute approximate surface area is 137 Å². The van der Waals surface area contributed by atoms with Crippen LogP contribution in [0.1, 0.15) is 37.3 Å². The fraction of sp³-hybridized carbons (Fsp3) is 0.471. The van der Waals surface area contributed by atoms with E-state index in [1.807, 2.05) is 24.3 Å². The highest BCUT2D eigenvalue weighted by Crippen LogP contribution is 2.27. The number of likely N-dealkylation sites (tertiary alicyclic amines) is 1. The minimum absolute atomic E-state index is 0.0536. The summed E-state index contributed by atoms with van der Waals surface area (Å²) in [7, 11) is -3.46. The quantitative estimate of drug-likeness (QED) is 0.918. The molecule has 1 aliphatic heterocycles. The lowest BCUT2D eigenvalue weighted by atomic mass is 9.98. The number of carbonyl (C=O) groups is 1. The summed E-state index contributed by atoms with van der Waals surface area (Å²) in [5.74, 6) is 0.0536. The molecule has 2 aliphatic rings. The van der Waals surface area contributed by atoms with Gasteiger partial charge < -0.3 is 4.90 Å². The molecule has 1 aliphatic carbocycles. The number of hydrogen-bond donors (Lipinski definition) is 1. The van der Waals surface area contributed by atoms with E-state index in [1.54, 1.807) is 17.9 Å². The monoisotopic (exact) mass is 334 g/mol. The third-order valence-corrected chi connectivity index (χ3v) is 6.28. The van der Waals surface area contributed by atoms with Gasteiger partial charge in [0.25, 0.3) is 0 Å². The second-order valence-electron chi connectivity index (χ2n) is 6.21. The Balaban J connectivity index is 1.69. The zero-order valence-electron chi connectivity index (χ0n) is 13.3. The number of rotatable bonds is 3. The zero-order valence-corrected chi connectivity index (χ0v) is 14.1. The van der Waals surface area contributed by atoms with Crippen molar-refractivity contribution >= 4 is 22.0 Å². The van der Waals surface area contributed by atoms with Crippen LogP contribution in [0.3, 0.4) is 0 Å². The molecule has 0 saturated carbocycles. The van der Waals surface area contributed by atoms with Crippen molar-refractivity contribution in [1.29, 1.82) is 0 Å². The van der Waals surface area contributed by atoms with Crippen LogP contribution in [0.4, 0.5) is 0 Å². The predicted molar refractivity (Wildman–Crippen MR) is 90.1 cm³/mol. The lowest BCUT2D eigenvalue weighted by molar-refractivity contribution is -0.129. The SMILES string of the molecule is CC(=O)N1CCC(NS(=O)(=O)C2=Cc3ccccc3CC2)CC1. The number of amides is 1. The molecule has 1 amide bonds. The Hall–Kier alpha value is -1.66. The molecule has 0 spiro atoms. The molecule has 0 radical (unpaired) electrons. The summed E-state index contributed by atoms with van der Waals surface area (Å²) in [4.78, 5) is 13.6. The van der Waals surface area contributed by atoms with Gasteiger partial charge in [0.2, 0.25) is 15.9 Å². The fourth-order valence-electron chi connectivity index (χ4n) is 3.23. The molecule has 6 heteroatoms. The van der Waals surface area contributed by atoms with Crippen molar-refractivity contribution in [2.75, 3.05) is 13.1 Å². The van der Waals surface area contributed by atoms with Crippen molar-refractivity contribution in [3.05, 3.63) is 40.3 Å². The molecule has 1 fully saturated rings. The van der Waals surface area contributed by atoms with Crippen molar-refractivity contribution in [2.45, 2.75) is 38.6 Å². The molecule has 0 unspecified atom stereocenters. The standard InChI is InChI=1S/C17H22N2O3S/c1-13(20)19-10-8-16(9-11-19)18-23(21,22)17-7-6-14-4-2-3-5-15(14)12-17/h2-5,12,16,18H,6-11H2,1H3. The fourth-order valence-corrected chi connectivity index (χ4v) is 4.70. The molecule has 1 saturated heterocycles. The maximum Gasteiger partial charge on any atom is 0.236 e. The molecule has 23 heavy (non-hydrogen) atoms. The summed E-state index contributed by atoms with van der Waals surface area (Å²) in [5, 5.41) is 0. The molecule has 0 atom stereocenters. The van der Waals surface area contributed by atoms with E-state index in [1.165, 1.54) is 5.56 Å². The van der Waals surface area contributed by atoms with Gasteiger partial charge in [-0.25, -0.2) is 13.1 Å². The molecule has 1 aromatic carbocycles. The van der Waals surface area contributed by atoms with Crippen LogP contribution in [-0.4, -0.2) is 38.4 Å². The van der Waals surface area contributed by atoms with Crippen LogP contribution in [0, 0.1) is 0 Å². The molecule has 1 heterocycles. The summed E-state index contributed by atoms with van der Waals surface area (Å²) in [6.45, 7) is 2.78. The minimum atomic E-state index is -3.46. The van der Waals surface area contributed by atoms with Gasteiger partial charge >= 0.3 is 0 Å². The number of nitrogens with one attached hydrogen (secondary N) is 1. The Bertz CT molecular complexity index is 732. The van der Waals surface area contributed by atoms with Gasteiger partial charge in [-0.15, -0.1) is 0 Å². The number of benzene rings is 1. The van der Waals surface area contributed by atoms with Crippen molar-refractivity contribution in [1.82, 2.24) is 9.62 Å². The molecule has 1 N–H and O–H groups in total. The smallest absolute Gasteiger partial charge is 0.236 e. The third kappa shape index (κ3) is 3.64. The van der Waals surface area contributed by atoms with Gasteiger partial charge in [-0.3, -0.25) is 4.79 Å². The number of piperidine rings is 1. The zero-order chi connectivity index (χ0) is 16.4. The van der Waals surface area contributed by atoms with Gasteiger partial charge in [-0.1, -0.05) is 24.3 Å². The van der Waals surface area contributed by atoms with Crippen LogP contribution in [-0.2, 0) is 21.2 Å². The van der Waals surface area contributed by atoms with Crippen molar-refractivity contribution < 1.29 is 13.2 Å². The second-order valence-corrected chi connectivity index (χ2v) is 7.98. The normalized spacial score (nSPS) is 19.2. The lowest BCUT2D eigenvalue weighted by Crippen LogP contribution is -2.46. The van der Waals surface area contributed by atoms with E-state index < -0.39 is 10.0 Å². The van der Waals surface area contributed by atoms with E-state index in [4.69, 9.17) is 0 Å². The van der Waals surface area contributed by atoms with E-state index in [2.05, 4.69) is 4.72 Å². The van der Waals surface area contributed by atoms with E-state index in [0.29, 0.717) is 37.3 Å². The number of allylic oxidation sites excluding steroid dienone is 1. The third-order valence-electron chi connectivity index (χ3n) is 4.62. The summed E-state index contributed by atoms with van der Waals surface area (Å²) >= 11 is 0. The first-order chi connectivity index (χ1) is 11.0. The summed E-state index contributed by atoms with van der Waals surface area (Å²) in [5.41, 5.74) is 2.19. The van der Waals surface area contributed by atoms with Crippen molar-refractivity contribution in [3.8, 4) is 0 Å². The van der Waals surface area contributed by atoms with Crippen molar-refractivity contribution in [3.63, 3.8) is 0 Å². The maximum absolute atomic E-state index is 12.6. The van der Waals surface area contributed by atoms with Gasteiger partial charge in [0.1, 0.15) is 0 Å². The number of nitrogens with zero attached hydrogens (tertiary/aromatic N) is 1. The topological polar surface area (TPSA) is 66.5 Å². The molecular formula is C17H22N2O3S. The number of fused-ring (bicyclic) bond motifs is 1. The van der Waals surface area contributed by atoms with Gasteiger partial charge in [-0.05, 0) is 42.9 Å². The van der Waals surface area contributed by atoms with Crippen LogP contribution < -0.4 is 4.72 Å².